The van der Waals surface area contributed by atoms with E-state index in [1.807, 2.05) is 0 Å². The lowest BCUT2D eigenvalue weighted by Crippen LogP contribution is -2.17. The van der Waals surface area contributed by atoms with Crippen molar-refractivity contribution in [3.05, 3.63) is 12.2 Å². The average Bonchev–Trinajstić information content (AvgIpc) is 1.93. The highest BCUT2D eigenvalue weighted by Crippen LogP contribution is 2.32. The molecule has 1 aliphatic carbocycles. The Morgan fingerprint density at radius 2 is 1.30 bits per heavy atom. The molecule has 0 N–H and O–H groups in total. The van der Waals surface area contributed by atoms with E-state index < -0.39 is 0 Å². The van der Waals surface area contributed by atoms with Crippen LogP contribution < -0.4 is 0 Å². The Morgan fingerprint density at radius 1 is 0.900 bits per heavy atom. The minimum atomic E-state index is 0.935. The first-order valence-electron chi connectivity index (χ1n) is 4.56. The smallest absolute Gasteiger partial charge is 0.0171 e. The monoisotopic (exact) mass is 138 g/mol. The molecular weight excluding hydrogens is 120 g/mol. The Morgan fingerprint density at radius 3 is 1.50 bits per heavy atom. The molecule has 0 spiro atoms. The van der Waals surface area contributed by atoms with Gasteiger partial charge in [-0.2, -0.15) is 0 Å². The van der Waals surface area contributed by atoms with Gasteiger partial charge in [0.1, 0.15) is 0 Å². The lowest BCUT2D eigenvalue weighted by atomic mass is 9.77. The largest absolute Gasteiger partial charge is 0.0845 e. The quantitative estimate of drug-likeness (QED) is 0.522. The van der Waals surface area contributed by atoms with Crippen molar-refractivity contribution in [1.29, 1.82) is 0 Å². The SMILES string of the molecule is CCCC1C=CC1CCC. The van der Waals surface area contributed by atoms with E-state index in [2.05, 4.69) is 26.0 Å². The molecule has 0 aliphatic heterocycles. The number of hydrogen-bond donors (Lipinski definition) is 0. The molecule has 0 heteroatoms. The molecule has 0 aromatic heterocycles. The van der Waals surface area contributed by atoms with Gasteiger partial charge in [-0.15, -0.1) is 0 Å². The summed E-state index contributed by atoms with van der Waals surface area (Å²) in [5.74, 6) is 1.87. The summed E-state index contributed by atoms with van der Waals surface area (Å²) in [6.45, 7) is 4.55. The van der Waals surface area contributed by atoms with Crippen LogP contribution in [0.2, 0.25) is 0 Å². The van der Waals surface area contributed by atoms with E-state index in [-0.39, 0.29) is 0 Å². The molecule has 2 unspecified atom stereocenters. The van der Waals surface area contributed by atoms with Crippen LogP contribution in [0.4, 0.5) is 0 Å². The fourth-order valence-corrected chi connectivity index (χ4v) is 1.71. The molecule has 10 heavy (non-hydrogen) atoms. The standard InChI is InChI=1S/C10H18/c1-3-5-9-7-8-10(9)6-4-2/h7-10H,3-6H2,1-2H3. The first-order valence-corrected chi connectivity index (χ1v) is 4.56. The van der Waals surface area contributed by atoms with Crippen molar-refractivity contribution in [2.24, 2.45) is 11.8 Å². The average molecular weight is 138 g/mol. The Bertz CT molecular complexity index is 99.2. The van der Waals surface area contributed by atoms with E-state index in [4.69, 9.17) is 0 Å². The molecule has 0 aromatic rings. The van der Waals surface area contributed by atoms with Crippen LogP contribution in [0.1, 0.15) is 39.5 Å². The van der Waals surface area contributed by atoms with Gasteiger partial charge in [-0.1, -0.05) is 38.8 Å². The zero-order valence-corrected chi connectivity index (χ0v) is 7.14. The summed E-state index contributed by atoms with van der Waals surface area (Å²) < 4.78 is 0. The van der Waals surface area contributed by atoms with Gasteiger partial charge in [0, 0.05) is 0 Å². The van der Waals surface area contributed by atoms with Crippen LogP contribution in [0.15, 0.2) is 12.2 Å². The van der Waals surface area contributed by atoms with Crippen molar-refractivity contribution >= 4 is 0 Å². The summed E-state index contributed by atoms with van der Waals surface area (Å²) in [7, 11) is 0. The molecule has 0 heterocycles. The first kappa shape index (κ1) is 7.84. The van der Waals surface area contributed by atoms with Crippen LogP contribution in [0.3, 0.4) is 0 Å². The molecule has 58 valence electrons. The summed E-state index contributed by atoms with van der Waals surface area (Å²) in [4.78, 5) is 0. The summed E-state index contributed by atoms with van der Waals surface area (Å²) in [6, 6.07) is 0. The predicted octanol–water partition coefficient (Wildman–Crippen LogP) is 3.39. The molecule has 0 bridgehead atoms. The van der Waals surface area contributed by atoms with Crippen LogP contribution in [0.25, 0.3) is 0 Å². The van der Waals surface area contributed by atoms with E-state index in [0.717, 1.165) is 11.8 Å². The molecule has 0 radical (unpaired) electrons. The third-order valence-electron chi connectivity index (χ3n) is 2.40. The second-order valence-corrected chi connectivity index (χ2v) is 3.29. The maximum absolute atomic E-state index is 2.38. The molecule has 1 rings (SSSR count). The minimum Gasteiger partial charge on any atom is -0.0845 e. The summed E-state index contributed by atoms with van der Waals surface area (Å²) in [6.07, 6.45) is 10.3. The van der Waals surface area contributed by atoms with Crippen LogP contribution in [-0.2, 0) is 0 Å². The fraction of sp³-hybridized carbons (Fsp3) is 0.800. The van der Waals surface area contributed by atoms with Gasteiger partial charge in [0.2, 0.25) is 0 Å². The first-order chi connectivity index (χ1) is 4.88. The number of hydrogen-bond acceptors (Lipinski definition) is 0. The van der Waals surface area contributed by atoms with Gasteiger partial charge in [-0.25, -0.2) is 0 Å². The molecule has 1 aliphatic rings. The molecule has 0 amide bonds. The zero-order valence-electron chi connectivity index (χ0n) is 7.14. The van der Waals surface area contributed by atoms with Crippen molar-refractivity contribution in [3.8, 4) is 0 Å². The van der Waals surface area contributed by atoms with E-state index in [1.54, 1.807) is 0 Å². The highest BCUT2D eigenvalue weighted by Gasteiger charge is 2.21. The van der Waals surface area contributed by atoms with Gasteiger partial charge >= 0.3 is 0 Å². The number of rotatable bonds is 4. The van der Waals surface area contributed by atoms with Gasteiger partial charge in [-0.3, -0.25) is 0 Å². The molecule has 0 nitrogen and oxygen atoms in total. The van der Waals surface area contributed by atoms with Gasteiger partial charge in [0.05, 0.1) is 0 Å². The van der Waals surface area contributed by atoms with Crippen molar-refractivity contribution in [2.45, 2.75) is 39.5 Å². The fourth-order valence-electron chi connectivity index (χ4n) is 1.71. The maximum atomic E-state index is 2.38. The maximum Gasteiger partial charge on any atom is -0.0171 e. The van der Waals surface area contributed by atoms with Crippen LogP contribution in [0.5, 0.6) is 0 Å². The highest BCUT2D eigenvalue weighted by molar-refractivity contribution is 5.08. The molecule has 2 atom stereocenters. The van der Waals surface area contributed by atoms with E-state index >= 15 is 0 Å². The zero-order chi connectivity index (χ0) is 7.40. The van der Waals surface area contributed by atoms with Crippen molar-refractivity contribution in [3.63, 3.8) is 0 Å². The lowest BCUT2D eigenvalue weighted by Gasteiger charge is -2.28. The van der Waals surface area contributed by atoms with Crippen LogP contribution in [0, 0.1) is 11.8 Å². The minimum absolute atomic E-state index is 0.935. The van der Waals surface area contributed by atoms with E-state index in [1.165, 1.54) is 25.7 Å². The van der Waals surface area contributed by atoms with Crippen LogP contribution in [-0.4, -0.2) is 0 Å². The van der Waals surface area contributed by atoms with Crippen LogP contribution >= 0.6 is 0 Å². The van der Waals surface area contributed by atoms with Gasteiger partial charge in [0.15, 0.2) is 0 Å². The third-order valence-corrected chi connectivity index (χ3v) is 2.40. The van der Waals surface area contributed by atoms with Crippen molar-refractivity contribution in [2.75, 3.05) is 0 Å². The Kier molecular flexibility index (Phi) is 2.98. The predicted molar refractivity (Wildman–Crippen MR) is 45.9 cm³/mol. The van der Waals surface area contributed by atoms with Crippen molar-refractivity contribution in [1.82, 2.24) is 0 Å². The second kappa shape index (κ2) is 3.80. The molecule has 0 aromatic carbocycles. The third kappa shape index (κ3) is 1.62. The number of allylic oxidation sites excluding steroid dienone is 2. The summed E-state index contributed by atoms with van der Waals surface area (Å²) in [5.41, 5.74) is 0. The Hall–Kier alpha value is -0.260. The summed E-state index contributed by atoms with van der Waals surface area (Å²) >= 11 is 0. The van der Waals surface area contributed by atoms with Gasteiger partial charge in [-0.05, 0) is 24.7 Å². The van der Waals surface area contributed by atoms with E-state index in [0.29, 0.717) is 0 Å². The topological polar surface area (TPSA) is 0 Å². The van der Waals surface area contributed by atoms with E-state index in [9.17, 15) is 0 Å². The van der Waals surface area contributed by atoms with Crippen molar-refractivity contribution < 1.29 is 0 Å². The highest BCUT2D eigenvalue weighted by atomic mass is 14.3. The lowest BCUT2D eigenvalue weighted by molar-refractivity contribution is 0.371. The molecule has 0 saturated carbocycles. The molecule has 0 fully saturated rings. The second-order valence-electron chi connectivity index (χ2n) is 3.29. The molecule has 0 saturated heterocycles. The normalized spacial score (nSPS) is 30.2. The van der Waals surface area contributed by atoms with Gasteiger partial charge < -0.3 is 0 Å². The van der Waals surface area contributed by atoms with Gasteiger partial charge in [0.25, 0.3) is 0 Å². The molecular formula is C10H18. The Labute approximate surface area is 64.3 Å². The summed E-state index contributed by atoms with van der Waals surface area (Å²) in [5, 5.41) is 0. The Balaban J connectivity index is 2.18.